The third-order valence-corrected chi connectivity index (χ3v) is 3.17. The lowest BCUT2D eigenvalue weighted by atomic mass is 10.0. The van der Waals surface area contributed by atoms with Gasteiger partial charge in [0.15, 0.2) is 0 Å². The van der Waals surface area contributed by atoms with Crippen molar-refractivity contribution in [2.75, 3.05) is 0 Å². The molecule has 0 saturated heterocycles. The molecule has 0 rings (SSSR count). The van der Waals surface area contributed by atoms with Gasteiger partial charge in [-0.15, -0.1) is 0 Å². The van der Waals surface area contributed by atoms with Crippen LogP contribution in [0.25, 0.3) is 0 Å². The molecule has 16 heteroatoms. The van der Waals surface area contributed by atoms with E-state index in [1.54, 1.807) is 6.92 Å². The molecule has 0 aliphatic carbocycles. The highest BCUT2D eigenvalue weighted by atomic mass is 16.8. The second-order valence-electron chi connectivity index (χ2n) is 4.62. The van der Waals surface area contributed by atoms with Crippen LogP contribution in [0.15, 0.2) is 0 Å². The van der Waals surface area contributed by atoms with Gasteiger partial charge in [-0.25, -0.2) is 20.2 Å². The molecule has 0 aromatic rings. The highest BCUT2D eigenvalue weighted by molar-refractivity contribution is 4.73. The number of hydrogen-bond acceptors (Lipinski definition) is 10. The van der Waals surface area contributed by atoms with Crippen LogP contribution in [0.3, 0.4) is 0 Å². The maximum absolute atomic E-state index is 11.2. The molecule has 0 aliphatic heterocycles. The summed E-state index contributed by atoms with van der Waals surface area (Å²) in [6, 6.07) is -2.80. The Bertz CT molecular complexity index is 509. The van der Waals surface area contributed by atoms with E-state index in [1.165, 1.54) is 0 Å². The van der Waals surface area contributed by atoms with Crippen LogP contribution in [0.1, 0.15) is 39.0 Å². The largest absolute Gasteiger partial charge is 0.716 e. The zero-order valence-electron chi connectivity index (χ0n) is 12.4. The van der Waals surface area contributed by atoms with Gasteiger partial charge in [-0.2, -0.15) is 0 Å². The third-order valence-electron chi connectivity index (χ3n) is 3.17. The highest BCUT2D eigenvalue weighted by Gasteiger charge is 2.86. The Hall–Kier alpha value is -3.20. The number of hydrazine groups is 2. The van der Waals surface area contributed by atoms with E-state index >= 15 is 0 Å². The standard InChI is InChI=1S/C8H14N6O10/c1-2-3-4-5-6-7(9(15)16)8(11(17)18,12(19)20)10(13(21)22)14(23)24/h7H,2-6H2,1H3. The maximum atomic E-state index is 11.2. The monoisotopic (exact) mass is 354 g/mol. The van der Waals surface area contributed by atoms with Crippen molar-refractivity contribution in [3.63, 3.8) is 0 Å². The molecule has 0 aromatic heterocycles. The second kappa shape index (κ2) is 8.44. The van der Waals surface area contributed by atoms with Gasteiger partial charge in [-0.1, -0.05) is 26.2 Å². The normalized spacial score (nSPS) is 12.2. The molecule has 136 valence electrons. The molecule has 0 spiro atoms. The van der Waals surface area contributed by atoms with E-state index in [0.29, 0.717) is 19.3 Å². The summed E-state index contributed by atoms with van der Waals surface area (Å²) >= 11 is 0. The Kier molecular flexibility index (Phi) is 7.31. The zero-order chi connectivity index (χ0) is 19.1. The highest BCUT2D eigenvalue weighted by Crippen LogP contribution is 2.28. The Morgan fingerprint density at radius 1 is 0.833 bits per heavy atom. The quantitative estimate of drug-likeness (QED) is 0.203. The van der Waals surface area contributed by atoms with Crippen LogP contribution >= 0.6 is 0 Å². The maximum Gasteiger partial charge on any atom is 0.716 e. The molecule has 0 aromatic carbocycles. The number of rotatable bonds is 12. The molecule has 0 heterocycles. The first kappa shape index (κ1) is 20.8. The molecule has 0 bridgehead atoms. The van der Waals surface area contributed by atoms with Crippen molar-refractivity contribution in [2.24, 2.45) is 0 Å². The van der Waals surface area contributed by atoms with Crippen LogP contribution < -0.4 is 0 Å². The lowest BCUT2D eigenvalue weighted by Crippen LogP contribution is -2.71. The topological polar surface area (TPSA) is 219 Å². The molecular weight excluding hydrogens is 340 g/mol. The van der Waals surface area contributed by atoms with Crippen molar-refractivity contribution < 1.29 is 24.8 Å². The van der Waals surface area contributed by atoms with Gasteiger partial charge in [-0.05, 0) is 6.42 Å². The number of hydrogen-bond donors (Lipinski definition) is 0. The molecule has 16 nitrogen and oxygen atoms in total. The molecule has 0 N–H and O–H groups in total. The van der Waals surface area contributed by atoms with Crippen LogP contribution in [0.4, 0.5) is 0 Å². The number of nitro groups is 5. The summed E-state index contributed by atoms with van der Waals surface area (Å²) in [5, 5.41) is 49.4. The summed E-state index contributed by atoms with van der Waals surface area (Å²) in [5.74, 6) is -4.37. The predicted octanol–water partition coefficient (Wildman–Crippen LogP) is 0.495. The molecule has 0 amide bonds. The Morgan fingerprint density at radius 3 is 1.58 bits per heavy atom. The van der Waals surface area contributed by atoms with Crippen molar-refractivity contribution in [3.05, 3.63) is 50.6 Å². The molecule has 1 atom stereocenters. The van der Waals surface area contributed by atoms with Crippen LogP contribution in [-0.2, 0) is 0 Å². The molecular formula is C8H14N6O10. The molecule has 0 saturated carbocycles. The summed E-state index contributed by atoms with van der Waals surface area (Å²) in [6.07, 6.45) is 0.625. The minimum absolute atomic E-state index is 0.105. The van der Waals surface area contributed by atoms with Gasteiger partial charge >= 0.3 is 16.9 Å². The van der Waals surface area contributed by atoms with E-state index < -0.39 is 48.2 Å². The van der Waals surface area contributed by atoms with E-state index in [-0.39, 0.29) is 6.42 Å². The van der Waals surface area contributed by atoms with Crippen LogP contribution in [0, 0.1) is 50.6 Å². The second-order valence-corrected chi connectivity index (χ2v) is 4.62. The first-order valence-corrected chi connectivity index (χ1v) is 6.56. The van der Waals surface area contributed by atoms with E-state index in [9.17, 15) is 50.6 Å². The SMILES string of the molecule is CCCCCCC([N+](=O)[O-])C(N([N+](=O)[O-])[N+](=O)[O-])([N+](=O)[O-])[N+](=O)[O-]. The Morgan fingerprint density at radius 2 is 1.29 bits per heavy atom. The Balaban J connectivity index is 6.17. The van der Waals surface area contributed by atoms with Gasteiger partial charge in [-0.3, -0.25) is 30.3 Å². The third kappa shape index (κ3) is 3.96. The summed E-state index contributed by atoms with van der Waals surface area (Å²) in [4.78, 5) is 49.5. The summed E-state index contributed by atoms with van der Waals surface area (Å²) < 4.78 is 0. The van der Waals surface area contributed by atoms with Gasteiger partial charge in [0.2, 0.25) is 10.1 Å². The molecule has 0 aliphatic rings. The lowest BCUT2D eigenvalue weighted by molar-refractivity contribution is -1.04. The van der Waals surface area contributed by atoms with Crippen LogP contribution in [0.2, 0.25) is 0 Å². The van der Waals surface area contributed by atoms with Gasteiger partial charge < -0.3 is 0 Å². The lowest BCUT2D eigenvalue weighted by Gasteiger charge is -2.18. The van der Waals surface area contributed by atoms with Crippen LogP contribution in [0.5, 0.6) is 0 Å². The fourth-order valence-corrected chi connectivity index (χ4v) is 2.09. The summed E-state index contributed by atoms with van der Waals surface area (Å²) in [5.41, 5.74) is 0. The number of nitrogens with zero attached hydrogens (tertiary/aromatic N) is 6. The van der Waals surface area contributed by atoms with E-state index in [4.69, 9.17) is 0 Å². The Labute approximate surface area is 132 Å². The van der Waals surface area contributed by atoms with E-state index in [1.807, 2.05) is 0 Å². The van der Waals surface area contributed by atoms with Crippen molar-refractivity contribution in [1.82, 2.24) is 5.12 Å². The van der Waals surface area contributed by atoms with E-state index in [2.05, 4.69) is 0 Å². The fraction of sp³-hybridized carbons (Fsp3) is 1.00. The molecule has 0 fully saturated rings. The summed E-state index contributed by atoms with van der Waals surface area (Å²) in [7, 11) is 0. The van der Waals surface area contributed by atoms with Gasteiger partial charge in [0.1, 0.15) is 9.85 Å². The fourth-order valence-electron chi connectivity index (χ4n) is 2.09. The van der Waals surface area contributed by atoms with Gasteiger partial charge in [0.25, 0.3) is 0 Å². The van der Waals surface area contributed by atoms with Crippen molar-refractivity contribution in [1.29, 1.82) is 0 Å². The van der Waals surface area contributed by atoms with Crippen LogP contribution in [-0.4, -0.2) is 41.8 Å². The molecule has 1 unspecified atom stereocenters. The number of unbranched alkanes of at least 4 members (excludes halogenated alkanes) is 3. The first-order chi connectivity index (χ1) is 11.0. The summed E-state index contributed by atoms with van der Waals surface area (Å²) in [6.45, 7) is 1.78. The van der Waals surface area contributed by atoms with E-state index in [0.717, 1.165) is 0 Å². The minimum Gasteiger partial charge on any atom is -0.264 e. The smallest absolute Gasteiger partial charge is 0.264 e. The molecule has 24 heavy (non-hydrogen) atoms. The van der Waals surface area contributed by atoms with Crippen molar-refractivity contribution >= 4 is 0 Å². The zero-order valence-corrected chi connectivity index (χ0v) is 12.4. The van der Waals surface area contributed by atoms with Crippen molar-refractivity contribution in [2.45, 2.75) is 50.9 Å². The molecule has 0 radical (unpaired) electrons. The first-order valence-electron chi connectivity index (χ1n) is 6.56. The minimum atomic E-state index is -4.37. The average molecular weight is 354 g/mol. The predicted molar refractivity (Wildman–Crippen MR) is 72.1 cm³/mol. The average Bonchev–Trinajstić information content (AvgIpc) is 2.43. The van der Waals surface area contributed by atoms with Gasteiger partial charge in [0.05, 0.1) is 0 Å². The van der Waals surface area contributed by atoms with Crippen molar-refractivity contribution in [3.8, 4) is 0 Å². The van der Waals surface area contributed by atoms with Gasteiger partial charge in [0, 0.05) is 11.3 Å².